The molecule has 0 spiro atoms. The van der Waals surface area contributed by atoms with Crippen LogP contribution in [0.3, 0.4) is 0 Å². The number of aliphatic hydroxyl groups is 1. The third-order valence-corrected chi connectivity index (χ3v) is 2.54. The molecule has 0 aromatic heterocycles. The Labute approximate surface area is 98.3 Å². The number of rotatable bonds is 3. The molecule has 4 heteroatoms. The first-order valence-electron chi connectivity index (χ1n) is 5.16. The van der Waals surface area contributed by atoms with Gasteiger partial charge >= 0.3 is 0 Å². The Morgan fingerprint density at radius 2 is 1.59 bits per heavy atom. The zero-order valence-electron chi connectivity index (χ0n) is 8.98. The molecule has 2 aromatic carbocycles. The standard InChI is InChI=1S/C13H11NO3/c15-13(10-6-2-1-3-7-10)11-8-4-5-9-12(11)14(16)17/h1-9,13,15H/t13-/m0/s1. The first-order chi connectivity index (χ1) is 8.20. The maximum atomic E-state index is 10.9. The van der Waals surface area contributed by atoms with E-state index in [2.05, 4.69) is 0 Å². The highest BCUT2D eigenvalue weighted by Gasteiger charge is 2.20. The van der Waals surface area contributed by atoms with Crippen LogP contribution in [-0.2, 0) is 0 Å². The van der Waals surface area contributed by atoms with Gasteiger partial charge in [-0.15, -0.1) is 0 Å². The highest BCUT2D eigenvalue weighted by Crippen LogP contribution is 2.29. The summed E-state index contributed by atoms with van der Waals surface area (Å²) in [5, 5.41) is 21.0. The van der Waals surface area contributed by atoms with E-state index in [-0.39, 0.29) is 5.69 Å². The molecule has 1 N–H and O–H groups in total. The normalized spacial score (nSPS) is 12.1. The fourth-order valence-electron chi connectivity index (χ4n) is 1.70. The van der Waals surface area contributed by atoms with Gasteiger partial charge in [-0.05, 0) is 11.6 Å². The van der Waals surface area contributed by atoms with Crippen LogP contribution >= 0.6 is 0 Å². The number of benzene rings is 2. The molecule has 0 unspecified atom stereocenters. The van der Waals surface area contributed by atoms with Crippen molar-refractivity contribution in [2.75, 3.05) is 0 Å². The van der Waals surface area contributed by atoms with Gasteiger partial charge in [0.15, 0.2) is 0 Å². The Hall–Kier alpha value is -2.20. The first-order valence-corrected chi connectivity index (χ1v) is 5.16. The summed E-state index contributed by atoms with van der Waals surface area (Å²) in [6.07, 6.45) is -0.974. The lowest BCUT2D eigenvalue weighted by molar-refractivity contribution is -0.386. The van der Waals surface area contributed by atoms with Crippen molar-refractivity contribution in [1.29, 1.82) is 0 Å². The van der Waals surface area contributed by atoms with Crippen LogP contribution in [0, 0.1) is 10.1 Å². The van der Waals surface area contributed by atoms with Crippen molar-refractivity contribution in [3.63, 3.8) is 0 Å². The molecule has 4 nitrogen and oxygen atoms in total. The minimum absolute atomic E-state index is 0.0659. The van der Waals surface area contributed by atoms with E-state index in [1.165, 1.54) is 6.07 Å². The van der Waals surface area contributed by atoms with Gasteiger partial charge in [-0.1, -0.05) is 42.5 Å². The molecule has 0 saturated heterocycles. The minimum Gasteiger partial charge on any atom is -0.383 e. The molecule has 0 bridgehead atoms. The third kappa shape index (κ3) is 2.32. The van der Waals surface area contributed by atoms with Crippen molar-refractivity contribution in [3.8, 4) is 0 Å². The van der Waals surface area contributed by atoms with Crippen molar-refractivity contribution in [3.05, 3.63) is 75.8 Å². The number of aliphatic hydroxyl groups excluding tert-OH is 1. The van der Waals surface area contributed by atoms with Crippen LogP contribution in [-0.4, -0.2) is 10.0 Å². The number of nitro groups is 1. The molecule has 0 radical (unpaired) electrons. The molecule has 0 aliphatic rings. The minimum atomic E-state index is -0.974. The highest BCUT2D eigenvalue weighted by molar-refractivity contribution is 5.44. The Morgan fingerprint density at radius 3 is 2.24 bits per heavy atom. The molecule has 2 aromatic rings. The summed E-state index contributed by atoms with van der Waals surface area (Å²) >= 11 is 0. The molecule has 0 amide bonds. The van der Waals surface area contributed by atoms with Crippen LogP contribution in [0.25, 0.3) is 0 Å². The van der Waals surface area contributed by atoms with E-state index in [9.17, 15) is 15.2 Å². The van der Waals surface area contributed by atoms with Crippen LogP contribution in [0.2, 0.25) is 0 Å². The maximum absolute atomic E-state index is 10.9. The van der Waals surface area contributed by atoms with E-state index >= 15 is 0 Å². The summed E-state index contributed by atoms with van der Waals surface area (Å²) < 4.78 is 0. The molecule has 0 saturated carbocycles. The molecule has 0 heterocycles. The average Bonchev–Trinajstić information content (AvgIpc) is 2.39. The monoisotopic (exact) mass is 229 g/mol. The summed E-state index contributed by atoms with van der Waals surface area (Å²) in [4.78, 5) is 10.4. The molecule has 0 aliphatic heterocycles. The topological polar surface area (TPSA) is 63.4 Å². The predicted octanol–water partition coefficient (Wildman–Crippen LogP) is 2.68. The lowest BCUT2D eigenvalue weighted by Gasteiger charge is -2.11. The molecule has 2 rings (SSSR count). The number of hydrogen-bond donors (Lipinski definition) is 1. The van der Waals surface area contributed by atoms with Gasteiger partial charge < -0.3 is 5.11 Å². The molecule has 86 valence electrons. The summed E-state index contributed by atoms with van der Waals surface area (Å²) in [5.41, 5.74) is 0.884. The molecule has 0 fully saturated rings. The van der Waals surface area contributed by atoms with Crippen molar-refractivity contribution in [2.45, 2.75) is 6.10 Å². The second-order valence-corrected chi connectivity index (χ2v) is 3.63. The van der Waals surface area contributed by atoms with Crippen LogP contribution in [0.15, 0.2) is 54.6 Å². The van der Waals surface area contributed by atoms with Gasteiger partial charge in [0, 0.05) is 6.07 Å². The number of nitro benzene ring substituents is 1. The summed E-state index contributed by atoms with van der Waals surface area (Å²) in [5.74, 6) is 0. The van der Waals surface area contributed by atoms with Crippen LogP contribution in [0.5, 0.6) is 0 Å². The van der Waals surface area contributed by atoms with Gasteiger partial charge in [-0.2, -0.15) is 0 Å². The third-order valence-electron chi connectivity index (χ3n) is 2.54. The van der Waals surface area contributed by atoms with E-state index in [4.69, 9.17) is 0 Å². The van der Waals surface area contributed by atoms with E-state index in [0.717, 1.165) is 0 Å². The first kappa shape index (κ1) is 11.3. The Morgan fingerprint density at radius 1 is 1.00 bits per heavy atom. The second kappa shape index (κ2) is 4.76. The number of hydrogen-bond acceptors (Lipinski definition) is 3. The molecular weight excluding hydrogens is 218 g/mol. The quantitative estimate of drug-likeness (QED) is 0.650. The van der Waals surface area contributed by atoms with Crippen molar-refractivity contribution < 1.29 is 10.0 Å². The molecule has 17 heavy (non-hydrogen) atoms. The predicted molar refractivity (Wildman–Crippen MR) is 63.6 cm³/mol. The zero-order chi connectivity index (χ0) is 12.3. The highest BCUT2D eigenvalue weighted by atomic mass is 16.6. The lowest BCUT2D eigenvalue weighted by Crippen LogP contribution is -2.03. The maximum Gasteiger partial charge on any atom is 0.275 e. The SMILES string of the molecule is O=[N+]([O-])c1ccccc1[C@@H](O)c1ccccc1. The molecular formula is C13H11NO3. The van der Waals surface area contributed by atoms with Crippen LogP contribution in [0.1, 0.15) is 17.2 Å². The Bertz CT molecular complexity index is 525. The molecule has 0 aliphatic carbocycles. The summed E-state index contributed by atoms with van der Waals surface area (Å²) in [7, 11) is 0. The van der Waals surface area contributed by atoms with Crippen LogP contribution < -0.4 is 0 Å². The fourth-order valence-corrected chi connectivity index (χ4v) is 1.70. The van der Waals surface area contributed by atoms with E-state index in [0.29, 0.717) is 11.1 Å². The molecule has 1 atom stereocenters. The van der Waals surface area contributed by atoms with E-state index in [1.54, 1.807) is 42.5 Å². The smallest absolute Gasteiger partial charge is 0.275 e. The van der Waals surface area contributed by atoms with Gasteiger partial charge in [-0.25, -0.2) is 0 Å². The lowest BCUT2D eigenvalue weighted by atomic mass is 10.0. The zero-order valence-corrected chi connectivity index (χ0v) is 8.98. The largest absolute Gasteiger partial charge is 0.383 e. The Balaban J connectivity index is 2.44. The fraction of sp³-hybridized carbons (Fsp3) is 0.0769. The van der Waals surface area contributed by atoms with Gasteiger partial charge in [0.25, 0.3) is 5.69 Å². The summed E-state index contributed by atoms with van der Waals surface area (Å²) in [6, 6.07) is 15.1. The number of para-hydroxylation sites is 1. The summed E-state index contributed by atoms with van der Waals surface area (Å²) in [6.45, 7) is 0. The number of nitrogens with zero attached hydrogens (tertiary/aromatic N) is 1. The average molecular weight is 229 g/mol. The van der Waals surface area contributed by atoms with Gasteiger partial charge in [0.05, 0.1) is 10.5 Å². The van der Waals surface area contributed by atoms with Crippen LogP contribution in [0.4, 0.5) is 5.69 Å². The Kier molecular flexibility index (Phi) is 3.16. The van der Waals surface area contributed by atoms with Crippen molar-refractivity contribution in [2.24, 2.45) is 0 Å². The van der Waals surface area contributed by atoms with Crippen molar-refractivity contribution in [1.82, 2.24) is 0 Å². The van der Waals surface area contributed by atoms with Crippen molar-refractivity contribution >= 4 is 5.69 Å². The van der Waals surface area contributed by atoms with E-state index in [1.807, 2.05) is 6.07 Å². The second-order valence-electron chi connectivity index (χ2n) is 3.63. The van der Waals surface area contributed by atoms with E-state index < -0.39 is 11.0 Å². The van der Waals surface area contributed by atoms with Gasteiger partial charge in [-0.3, -0.25) is 10.1 Å². The van der Waals surface area contributed by atoms with Gasteiger partial charge in [0.1, 0.15) is 6.10 Å². The van der Waals surface area contributed by atoms with Gasteiger partial charge in [0.2, 0.25) is 0 Å².